The van der Waals surface area contributed by atoms with E-state index >= 15 is 0 Å². The van der Waals surface area contributed by atoms with E-state index in [4.69, 9.17) is 0 Å². The van der Waals surface area contributed by atoms with E-state index in [-0.39, 0.29) is 5.69 Å². The predicted molar refractivity (Wildman–Crippen MR) is 78.0 cm³/mol. The normalized spacial score (nSPS) is 20.6. The molecule has 0 saturated heterocycles. The maximum Gasteiger partial charge on any atom is 0.332 e. The van der Waals surface area contributed by atoms with Crippen LogP contribution in [0.15, 0.2) is 0 Å². The van der Waals surface area contributed by atoms with Gasteiger partial charge < -0.3 is 10.6 Å². The van der Waals surface area contributed by atoms with Gasteiger partial charge in [0.15, 0.2) is 0 Å². The lowest BCUT2D eigenvalue weighted by Gasteiger charge is -2.10. The fourth-order valence-electron chi connectivity index (χ4n) is 2.14. The summed E-state index contributed by atoms with van der Waals surface area (Å²) in [5, 5.41) is 17.3. The van der Waals surface area contributed by atoms with Crippen LogP contribution in [0.5, 0.6) is 0 Å². The number of hydrogen-bond acceptors (Lipinski definition) is 6. The van der Waals surface area contributed by atoms with Gasteiger partial charge in [-0.05, 0) is 31.6 Å². The Hall–Kier alpha value is -1.92. The number of anilines is 2. The number of rotatable bonds is 7. The summed E-state index contributed by atoms with van der Waals surface area (Å²) in [4.78, 5) is 19.1. The standard InChI is InChI=1S/C13H21N5O2/c1-4-5-14-13-16-9(3)11(18(19)20)12(17-13)15-7-10-6-8(10)2/h8,10H,4-7H2,1-3H3,(H2,14,15,16,17). The van der Waals surface area contributed by atoms with Crippen LogP contribution in [0.4, 0.5) is 17.5 Å². The molecule has 1 aliphatic carbocycles. The molecule has 0 aliphatic heterocycles. The SMILES string of the molecule is CCCNc1nc(C)c([N+](=O)[O-])c(NCC2CC2C)n1. The van der Waals surface area contributed by atoms with Gasteiger partial charge in [0.05, 0.1) is 4.92 Å². The molecular weight excluding hydrogens is 258 g/mol. The number of nitrogens with zero attached hydrogens (tertiary/aromatic N) is 3. The van der Waals surface area contributed by atoms with Crippen LogP contribution >= 0.6 is 0 Å². The largest absolute Gasteiger partial charge is 0.364 e. The third kappa shape index (κ3) is 3.34. The third-order valence-corrected chi connectivity index (χ3v) is 3.58. The van der Waals surface area contributed by atoms with Gasteiger partial charge in [0.1, 0.15) is 5.69 Å². The first kappa shape index (κ1) is 14.5. The van der Waals surface area contributed by atoms with Crippen molar-refractivity contribution in [2.45, 2.75) is 33.6 Å². The summed E-state index contributed by atoms with van der Waals surface area (Å²) in [5.74, 6) is 2.06. The summed E-state index contributed by atoms with van der Waals surface area (Å²) >= 11 is 0. The van der Waals surface area contributed by atoms with Gasteiger partial charge >= 0.3 is 5.69 Å². The number of nitrogens with one attached hydrogen (secondary N) is 2. The Labute approximate surface area is 118 Å². The van der Waals surface area contributed by atoms with Crippen LogP contribution < -0.4 is 10.6 Å². The van der Waals surface area contributed by atoms with Gasteiger partial charge in [0.2, 0.25) is 11.8 Å². The molecule has 1 saturated carbocycles. The fraction of sp³-hybridized carbons (Fsp3) is 0.692. The Balaban J connectivity index is 2.19. The summed E-state index contributed by atoms with van der Waals surface area (Å²) in [7, 11) is 0. The van der Waals surface area contributed by atoms with E-state index in [1.165, 1.54) is 6.42 Å². The Morgan fingerprint density at radius 1 is 1.40 bits per heavy atom. The van der Waals surface area contributed by atoms with Gasteiger partial charge in [-0.1, -0.05) is 13.8 Å². The first-order valence-corrected chi connectivity index (χ1v) is 7.03. The van der Waals surface area contributed by atoms with Crippen molar-refractivity contribution in [3.63, 3.8) is 0 Å². The molecule has 2 unspecified atom stereocenters. The zero-order valence-corrected chi connectivity index (χ0v) is 12.1. The molecule has 1 aliphatic rings. The minimum absolute atomic E-state index is 0.0275. The summed E-state index contributed by atoms with van der Waals surface area (Å²) in [6, 6.07) is 0. The molecule has 1 heterocycles. The van der Waals surface area contributed by atoms with Crippen molar-refractivity contribution in [2.24, 2.45) is 11.8 Å². The van der Waals surface area contributed by atoms with Gasteiger partial charge in [-0.2, -0.15) is 4.98 Å². The van der Waals surface area contributed by atoms with E-state index in [9.17, 15) is 10.1 Å². The van der Waals surface area contributed by atoms with Crippen LogP contribution in [0.1, 0.15) is 32.4 Å². The molecule has 110 valence electrons. The zero-order valence-electron chi connectivity index (χ0n) is 12.1. The molecule has 0 amide bonds. The summed E-state index contributed by atoms with van der Waals surface area (Å²) in [6.45, 7) is 7.34. The average molecular weight is 279 g/mol. The van der Waals surface area contributed by atoms with E-state index in [1.54, 1.807) is 6.92 Å². The molecule has 1 fully saturated rings. The topological polar surface area (TPSA) is 93.0 Å². The van der Waals surface area contributed by atoms with Crippen molar-refractivity contribution in [2.75, 3.05) is 23.7 Å². The van der Waals surface area contributed by atoms with E-state index in [0.29, 0.717) is 29.3 Å². The second-order valence-corrected chi connectivity index (χ2v) is 5.37. The maximum absolute atomic E-state index is 11.2. The second kappa shape index (κ2) is 6.02. The molecular formula is C13H21N5O2. The fourth-order valence-corrected chi connectivity index (χ4v) is 2.14. The lowest BCUT2D eigenvalue weighted by Crippen LogP contribution is -2.13. The van der Waals surface area contributed by atoms with E-state index in [0.717, 1.165) is 19.5 Å². The minimum atomic E-state index is -0.419. The van der Waals surface area contributed by atoms with Crippen molar-refractivity contribution in [1.82, 2.24) is 9.97 Å². The lowest BCUT2D eigenvalue weighted by molar-refractivity contribution is -0.385. The van der Waals surface area contributed by atoms with E-state index in [1.807, 2.05) is 6.92 Å². The van der Waals surface area contributed by atoms with Crippen molar-refractivity contribution < 1.29 is 4.92 Å². The molecule has 7 heteroatoms. The van der Waals surface area contributed by atoms with Crippen LogP contribution in [-0.4, -0.2) is 28.0 Å². The van der Waals surface area contributed by atoms with Crippen molar-refractivity contribution in [3.05, 3.63) is 15.8 Å². The number of hydrogen-bond donors (Lipinski definition) is 2. The van der Waals surface area contributed by atoms with E-state index in [2.05, 4.69) is 27.5 Å². The lowest BCUT2D eigenvalue weighted by atomic mass is 10.3. The average Bonchev–Trinajstić information content (AvgIpc) is 3.09. The highest BCUT2D eigenvalue weighted by Crippen LogP contribution is 2.38. The molecule has 20 heavy (non-hydrogen) atoms. The Bertz CT molecular complexity index is 506. The number of aryl methyl sites for hydroxylation is 1. The Morgan fingerprint density at radius 2 is 2.10 bits per heavy atom. The maximum atomic E-state index is 11.2. The summed E-state index contributed by atoms with van der Waals surface area (Å²) in [6.07, 6.45) is 2.12. The van der Waals surface area contributed by atoms with Gasteiger partial charge in [0.25, 0.3) is 0 Å². The quantitative estimate of drug-likeness (QED) is 0.588. The molecule has 2 N–H and O–H groups in total. The molecule has 0 aromatic carbocycles. The van der Waals surface area contributed by atoms with Crippen molar-refractivity contribution >= 4 is 17.5 Å². The van der Waals surface area contributed by atoms with E-state index < -0.39 is 4.92 Å². The zero-order chi connectivity index (χ0) is 14.7. The van der Waals surface area contributed by atoms with Gasteiger partial charge in [-0.15, -0.1) is 0 Å². The van der Waals surface area contributed by atoms with Crippen LogP contribution in [0, 0.1) is 28.9 Å². The van der Waals surface area contributed by atoms with Crippen LogP contribution in [0.3, 0.4) is 0 Å². The molecule has 2 atom stereocenters. The Kier molecular flexibility index (Phi) is 4.36. The minimum Gasteiger partial charge on any atom is -0.364 e. The first-order chi connectivity index (χ1) is 9.52. The number of nitro groups is 1. The molecule has 0 bridgehead atoms. The molecule has 1 aromatic rings. The van der Waals surface area contributed by atoms with Crippen molar-refractivity contribution in [3.8, 4) is 0 Å². The highest BCUT2D eigenvalue weighted by atomic mass is 16.6. The second-order valence-electron chi connectivity index (χ2n) is 5.37. The van der Waals surface area contributed by atoms with Gasteiger partial charge in [0, 0.05) is 13.1 Å². The van der Waals surface area contributed by atoms with Crippen LogP contribution in [0.25, 0.3) is 0 Å². The monoisotopic (exact) mass is 279 g/mol. The smallest absolute Gasteiger partial charge is 0.332 e. The molecule has 0 spiro atoms. The highest BCUT2D eigenvalue weighted by Gasteiger charge is 2.33. The Morgan fingerprint density at radius 3 is 2.65 bits per heavy atom. The molecule has 0 radical (unpaired) electrons. The molecule has 2 rings (SSSR count). The highest BCUT2D eigenvalue weighted by molar-refractivity contribution is 5.60. The third-order valence-electron chi connectivity index (χ3n) is 3.58. The summed E-state index contributed by atoms with van der Waals surface area (Å²) < 4.78 is 0. The summed E-state index contributed by atoms with van der Waals surface area (Å²) in [5.41, 5.74) is 0.357. The first-order valence-electron chi connectivity index (χ1n) is 7.03. The van der Waals surface area contributed by atoms with Gasteiger partial charge in [-0.25, -0.2) is 4.98 Å². The van der Waals surface area contributed by atoms with Crippen molar-refractivity contribution in [1.29, 1.82) is 0 Å². The molecule has 7 nitrogen and oxygen atoms in total. The van der Waals surface area contributed by atoms with Crippen LogP contribution in [0.2, 0.25) is 0 Å². The number of aromatic nitrogens is 2. The predicted octanol–water partition coefficient (Wildman–Crippen LogP) is 2.58. The van der Waals surface area contributed by atoms with Gasteiger partial charge in [-0.3, -0.25) is 10.1 Å². The molecule has 1 aromatic heterocycles. The van der Waals surface area contributed by atoms with Crippen LogP contribution in [-0.2, 0) is 0 Å².